The highest BCUT2D eigenvalue weighted by Gasteiger charge is 2.72. The highest BCUT2D eigenvalue weighted by atomic mass is 19.4. The summed E-state index contributed by atoms with van der Waals surface area (Å²) in [7, 11) is 0. The van der Waals surface area contributed by atoms with E-state index in [1.807, 2.05) is 13.8 Å². The van der Waals surface area contributed by atoms with Gasteiger partial charge in [-0.25, -0.2) is 18.6 Å². The first kappa shape index (κ1) is 32.0. The SMILES string of the molecule is CCC1(CC)CC(=O)N(CC2C(C(=O)N[C@H]3c4ccccc4OC(C)(C)[C@H]3O)C2(F)F)C(N)=N1.O=C(O)C(F)(F)F. The van der Waals surface area contributed by atoms with Gasteiger partial charge >= 0.3 is 12.1 Å². The summed E-state index contributed by atoms with van der Waals surface area (Å²) in [5.74, 6) is -9.95. The zero-order valence-electron chi connectivity index (χ0n) is 22.8. The van der Waals surface area contributed by atoms with Gasteiger partial charge in [0, 0.05) is 12.1 Å². The lowest BCUT2D eigenvalue weighted by atomic mass is 9.86. The minimum Gasteiger partial charge on any atom is -0.485 e. The van der Waals surface area contributed by atoms with Gasteiger partial charge < -0.3 is 26.0 Å². The monoisotopic (exact) mass is 592 g/mol. The van der Waals surface area contributed by atoms with Crippen molar-refractivity contribution in [3.63, 3.8) is 0 Å². The number of carbonyl (C=O) groups is 3. The molecule has 2 amide bonds. The molecule has 0 bridgehead atoms. The van der Waals surface area contributed by atoms with Crippen LogP contribution in [0, 0.1) is 11.8 Å². The van der Waals surface area contributed by atoms with Crippen molar-refractivity contribution in [1.29, 1.82) is 0 Å². The number of alkyl halides is 5. The molecule has 1 aromatic carbocycles. The number of hydrogen-bond acceptors (Lipinski definition) is 7. The Bertz CT molecular complexity index is 1220. The average molecular weight is 593 g/mol. The molecule has 0 saturated heterocycles. The third-order valence-corrected chi connectivity index (χ3v) is 7.79. The van der Waals surface area contributed by atoms with Crippen LogP contribution in [0.15, 0.2) is 29.3 Å². The number of carboxylic acid groups (broad SMARTS) is 1. The fourth-order valence-corrected chi connectivity index (χ4v) is 5.02. The van der Waals surface area contributed by atoms with Gasteiger partial charge in [-0.3, -0.25) is 14.5 Å². The zero-order valence-corrected chi connectivity index (χ0v) is 22.8. The van der Waals surface area contributed by atoms with Gasteiger partial charge in [0.05, 0.1) is 23.9 Å². The van der Waals surface area contributed by atoms with Crippen molar-refractivity contribution >= 4 is 23.7 Å². The van der Waals surface area contributed by atoms with Crippen LogP contribution in [0.1, 0.15) is 58.6 Å². The molecule has 0 radical (unpaired) electrons. The zero-order chi connectivity index (χ0) is 31.1. The summed E-state index contributed by atoms with van der Waals surface area (Å²) < 4.78 is 67.0. The van der Waals surface area contributed by atoms with Crippen LogP contribution in [-0.4, -0.2) is 74.7 Å². The number of aliphatic carboxylic acids is 1. The molecule has 4 rings (SSSR count). The Hall–Kier alpha value is -3.49. The molecule has 0 spiro atoms. The normalized spacial score (nSPS) is 27.3. The van der Waals surface area contributed by atoms with Crippen LogP contribution in [0.2, 0.25) is 0 Å². The van der Waals surface area contributed by atoms with Crippen LogP contribution >= 0.6 is 0 Å². The van der Waals surface area contributed by atoms with Gasteiger partial charge in [-0.15, -0.1) is 0 Å². The summed E-state index contributed by atoms with van der Waals surface area (Å²) in [6.45, 7) is 6.75. The first-order valence-electron chi connectivity index (χ1n) is 12.9. The minimum atomic E-state index is -5.08. The Labute approximate surface area is 232 Å². The van der Waals surface area contributed by atoms with Crippen molar-refractivity contribution in [2.45, 2.75) is 82.3 Å². The van der Waals surface area contributed by atoms with E-state index in [0.717, 1.165) is 4.90 Å². The number of ether oxygens (including phenoxy) is 1. The molecule has 1 aliphatic carbocycles. The number of fused-ring (bicyclic) bond motifs is 1. The molecule has 2 aliphatic heterocycles. The number of nitrogens with zero attached hydrogens (tertiary/aromatic N) is 2. The number of nitrogens with one attached hydrogen (secondary N) is 1. The average Bonchev–Trinajstić information content (AvgIpc) is 3.43. The van der Waals surface area contributed by atoms with Crippen LogP contribution in [0.4, 0.5) is 22.0 Å². The standard InChI is InChI=1S/C24H32F2N4O4.C2HF3O2/c1-5-23(6-2)11-16(31)30(21(27)29-23)12-14-17(24(14,25)26)20(33)28-18-13-9-7-8-10-15(13)34-22(3,4)19(18)32;3-2(4,5)1(6)7/h7-10,14,17-19,32H,5-6,11-12H2,1-4H3,(H2,27,29)(H,28,33);(H,6,7)/t14?,17?,18-,19-;/m0./s1. The predicted octanol–water partition coefficient (Wildman–Crippen LogP) is 3.00. The van der Waals surface area contributed by atoms with Gasteiger partial charge in [0.25, 0.3) is 5.92 Å². The molecule has 15 heteroatoms. The van der Waals surface area contributed by atoms with Crippen LogP contribution in [0.25, 0.3) is 0 Å². The predicted molar refractivity (Wildman–Crippen MR) is 135 cm³/mol. The second kappa shape index (κ2) is 11.1. The molecule has 4 atom stereocenters. The molecule has 1 saturated carbocycles. The fraction of sp³-hybridized carbons (Fsp3) is 0.615. The maximum Gasteiger partial charge on any atom is 0.490 e. The first-order chi connectivity index (χ1) is 18.8. The highest BCUT2D eigenvalue weighted by molar-refractivity contribution is 5.99. The third kappa shape index (κ3) is 6.39. The number of carbonyl (C=O) groups excluding carboxylic acids is 2. The van der Waals surface area contributed by atoms with E-state index >= 15 is 0 Å². The first-order valence-corrected chi connectivity index (χ1v) is 12.9. The number of halogens is 5. The van der Waals surface area contributed by atoms with Crippen LogP contribution < -0.4 is 15.8 Å². The van der Waals surface area contributed by atoms with Gasteiger partial charge in [-0.2, -0.15) is 13.2 Å². The summed E-state index contributed by atoms with van der Waals surface area (Å²) in [4.78, 5) is 40.1. The quantitative estimate of drug-likeness (QED) is 0.370. The molecule has 5 N–H and O–H groups in total. The number of nitrogens with two attached hydrogens (primary N) is 1. The Kier molecular flexibility index (Phi) is 8.64. The summed E-state index contributed by atoms with van der Waals surface area (Å²) >= 11 is 0. The number of hydrogen-bond donors (Lipinski definition) is 4. The lowest BCUT2D eigenvalue weighted by Gasteiger charge is -2.42. The van der Waals surface area contributed by atoms with Gasteiger partial charge in [0.15, 0.2) is 5.96 Å². The summed E-state index contributed by atoms with van der Waals surface area (Å²) in [5, 5.41) is 20.5. The van der Waals surface area contributed by atoms with E-state index in [9.17, 15) is 36.6 Å². The molecular weight excluding hydrogens is 559 g/mol. The molecule has 2 heterocycles. The number of benzene rings is 1. The molecule has 1 fully saturated rings. The van der Waals surface area contributed by atoms with Crippen molar-refractivity contribution < 1.29 is 51.3 Å². The number of rotatable bonds is 6. The Balaban J connectivity index is 0.000000587. The number of guanidine groups is 1. The summed E-state index contributed by atoms with van der Waals surface area (Å²) in [5.41, 5.74) is 4.87. The molecule has 3 aliphatic rings. The smallest absolute Gasteiger partial charge is 0.485 e. The lowest BCUT2D eigenvalue weighted by molar-refractivity contribution is -0.192. The highest BCUT2D eigenvalue weighted by Crippen LogP contribution is 2.56. The Morgan fingerprint density at radius 1 is 1.20 bits per heavy atom. The fourth-order valence-electron chi connectivity index (χ4n) is 5.02. The van der Waals surface area contributed by atoms with Crippen molar-refractivity contribution in [3.05, 3.63) is 29.8 Å². The molecule has 0 aromatic heterocycles. The molecule has 10 nitrogen and oxygen atoms in total. The van der Waals surface area contributed by atoms with Crippen molar-refractivity contribution in [3.8, 4) is 5.75 Å². The lowest BCUT2D eigenvalue weighted by Crippen LogP contribution is -2.54. The molecule has 1 aromatic rings. The number of para-hydroxylation sites is 1. The Morgan fingerprint density at radius 3 is 2.27 bits per heavy atom. The van der Waals surface area contributed by atoms with Gasteiger partial charge in [0.2, 0.25) is 11.8 Å². The van der Waals surface area contributed by atoms with Gasteiger partial charge in [-0.1, -0.05) is 32.0 Å². The van der Waals surface area contributed by atoms with E-state index in [2.05, 4.69) is 10.3 Å². The van der Waals surface area contributed by atoms with E-state index in [1.54, 1.807) is 38.1 Å². The number of carboxylic acids is 1. The van der Waals surface area contributed by atoms with E-state index in [4.69, 9.17) is 20.4 Å². The van der Waals surface area contributed by atoms with Gasteiger partial charge in [-0.05, 0) is 32.8 Å². The largest absolute Gasteiger partial charge is 0.490 e. The number of amides is 2. The molecule has 41 heavy (non-hydrogen) atoms. The second-order valence-electron chi connectivity index (χ2n) is 10.8. The van der Waals surface area contributed by atoms with Crippen LogP contribution in [-0.2, 0) is 14.4 Å². The summed E-state index contributed by atoms with van der Waals surface area (Å²) in [6, 6.07) is 5.94. The second-order valence-corrected chi connectivity index (χ2v) is 10.8. The topological polar surface area (TPSA) is 155 Å². The van der Waals surface area contributed by atoms with Crippen molar-refractivity contribution in [1.82, 2.24) is 10.2 Å². The Morgan fingerprint density at radius 2 is 1.76 bits per heavy atom. The number of aliphatic hydroxyl groups is 1. The van der Waals surface area contributed by atoms with Crippen molar-refractivity contribution in [2.75, 3.05) is 6.54 Å². The van der Waals surface area contributed by atoms with E-state index < -0.39 is 59.1 Å². The van der Waals surface area contributed by atoms with Gasteiger partial charge in [0.1, 0.15) is 23.4 Å². The number of aliphatic hydroxyl groups excluding tert-OH is 1. The van der Waals surface area contributed by atoms with Crippen LogP contribution in [0.5, 0.6) is 5.75 Å². The third-order valence-electron chi connectivity index (χ3n) is 7.79. The minimum absolute atomic E-state index is 0.0858. The van der Waals surface area contributed by atoms with E-state index in [-0.39, 0.29) is 24.8 Å². The molecule has 228 valence electrons. The number of aliphatic imine (C=N–C) groups is 1. The van der Waals surface area contributed by atoms with E-state index in [1.165, 1.54) is 0 Å². The van der Waals surface area contributed by atoms with Crippen LogP contribution in [0.3, 0.4) is 0 Å². The van der Waals surface area contributed by atoms with Crippen molar-refractivity contribution in [2.24, 2.45) is 22.6 Å². The van der Waals surface area contributed by atoms with E-state index in [0.29, 0.717) is 24.2 Å². The molecule has 2 unspecified atom stereocenters. The maximum atomic E-state index is 14.7. The maximum absolute atomic E-state index is 14.7. The molecular formula is C26H33F5N4O6. The summed E-state index contributed by atoms with van der Waals surface area (Å²) in [6.07, 6.45) is -4.92.